The van der Waals surface area contributed by atoms with Crippen LogP contribution in [0.25, 0.3) is 0 Å². The Morgan fingerprint density at radius 3 is 2.72 bits per heavy atom. The molecule has 152 valence electrons. The molecular weight excluding hydrogens is 388 g/mol. The summed E-state index contributed by atoms with van der Waals surface area (Å²) in [5, 5.41) is 0. The molecule has 2 saturated heterocycles. The second-order valence-electron chi connectivity index (χ2n) is 8.26. The molecule has 3 aliphatic heterocycles. The Balaban J connectivity index is 1.41. The maximum absolute atomic E-state index is 13.3. The van der Waals surface area contributed by atoms with E-state index in [1.165, 1.54) is 10.4 Å². The lowest BCUT2D eigenvalue weighted by atomic mass is 9.87. The van der Waals surface area contributed by atoms with E-state index in [2.05, 4.69) is 0 Å². The number of likely N-dealkylation sites (tertiary alicyclic amines) is 1. The second kappa shape index (κ2) is 6.85. The number of hydrogen-bond donors (Lipinski definition) is 0. The monoisotopic (exact) mass is 412 g/mol. The van der Waals surface area contributed by atoms with Crippen LogP contribution in [0.1, 0.15) is 28.8 Å². The number of para-hydroxylation sites is 1. The molecular formula is C22H24N2O4S. The van der Waals surface area contributed by atoms with E-state index in [1.54, 1.807) is 18.2 Å². The zero-order valence-corrected chi connectivity index (χ0v) is 17.0. The fourth-order valence-corrected chi connectivity index (χ4v) is 6.29. The Hall–Kier alpha value is -2.38. The topological polar surface area (TPSA) is 66.9 Å². The molecule has 1 spiro atoms. The summed E-state index contributed by atoms with van der Waals surface area (Å²) >= 11 is 0. The van der Waals surface area contributed by atoms with E-state index in [4.69, 9.17) is 4.74 Å². The molecule has 2 aromatic rings. The molecule has 0 radical (unpaired) electrons. The molecule has 7 heteroatoms. The van der Waals surface area contributed by atoms with Gasteiger partial charge >= 0.3 is 0 Å². The summed E-state index contributed by atoms with van der Waals surface area (Å²) < 4.78 is 33.6. The fraction of sp³-hybridized carbons (Fsp3) is 0.409. The molecule has 2 aromatic carbocycles. The van der Waals surface area contributed by atoms with E-state index in [-0.39, 0.29) is 16.2 Å². The van der Waals surface area contributed by atoms with Crippen LogP contribution in [-0.2, 0) is 21.2 Å². The Kier molecular flexibility index (Phi) is 4.40. The summed E-state index contributed by atoms with van der Waals surface area (Å²) in [5.41, 5.74) is 2.27. The van der Waals surface area contributed by atoms with Crippen molar-refractivity contribution in [3.05, 3.63) is 59.7 Å². The van der Waals surface area contributed by atoms with Crippen LogP contribution in [0.5, 0.6) is 0 Å². The first-order chi connectivity index (χ1) is 14.0. The number of fused-ring (bicyclic) bond motifs is 1. The van der Waals surface area contributed by atoms with Crippen molar-refractivity contribution in [2.45, 2.75) is 24.2 Å². The predicted octanol–water partition coefficient (Wildman–Crippen LogP) is 2.69. The molecule has 0 aromatic heterocycles. The number of rotatable bonds is 3. The van der Waals surface area contributed by atoms with Gasteiger partial charge in [0.25, 0.3) is 15.9 Å². The average Bonchev–Trinajstić information content (AvgIpc) is 3.48. The van der Waals surface area contributed by atoms with E-state index < -0.39 is 10.0 Å². The van der Waals surface area contributed by atoms with Crippen molar-refractivity contribution in [3.8, 4) is 0 Å². The quantitative estimate of drug-likeness (QED) is 0.777. The maximum atomic E-state index is 13.3. The highest BCUT2D eigenvalue weighted by Gasteiger charge is 2.43. The smallest absolute Gasteiger partial charge is 0.264 e. The molecule has 29 heavy (non-hydrogen) atoms. The number of anilines is 1. The van der Waals surface area contributed by atoms with Crippen LogP contribution in [0.4, 0.5) is 5.69 Å². The molecule has 5 rings (SSSR count). The van der Waals surface area contributed by atoms with Crippen LogP contribution >= 0.6 is 0 Å². The average molecular weight is 413 g/mol. The molecule has 0 saturated carbocycles. The maximum Gasteiger partial charge on any atom is 0.264 e. The highest BCUT2D eigenvalue weighted by atomic mass is 32.2. The number of benzene rings is 2. The summed E-state index contributed by atoms with van der Waals surface area (Å²) in [4.78, 5) is 15.1. The number of sulfonamides is 1. The second-order valence-corrected chi connectivity index (χ2v) is 10.1. The van der Waals surface area contributed by atoms with E-state index in [0.29, 0.717) is 38.2 Å². The molecule has 0 aliphatic carbocycles. The first kappa shape index (κ1) is 18.6. The van der Waals surface area contributed by atoms with Gasteiger partial charge in [0.05, 0.1) is 17.2 Å². The highest BCUT2D eigenvalue weighted by Crippen LogP contribution is 2.39. The number of carbonyl (C=O) groups is 1. The summed E-state index contributed by atoms with van der Waals surface area (Å²) in [6, 6.07) is 14.0. The number of amides is 1. The Bertz CT molecular complexity index is 1060. The molecule has 3 heterocycles. The van der Waals surface area contributed by atoms with Gasteiger partial charge < -0.3 is 9.64 Å². The fourth-order valence-electron chi connectivity index (χ4n) is 4.74. The first-order valence-electron chi connectivity index (χ1n) is 10.1. The Morgan fingerprint density at radius 1 is 1.03 bits per heavy atom. The van der Waals surface area contributed by atoms with E-state index in [9.17, 15) is 13.2 Å². The molecule has 3 aliphatic rings. The SMILES string of the molecule is O=C(c1cccc(S(=O)(=O)N2CCc3ccccc32)c1)N1CC[C@]2(CCOC2)C1. The third-order valence-electron chi connectivity index (χ3n) is 6.42. The Morgan fingerprint density at radius 2 is 1.90 bits per heavy atom. The summed E-state index contributed by atoms with van der Waals surface area (Å²) in [5.74, 6) is -0.104. The first-order valence-corrected chi connectivity index (χ1v) is 11.5. The largest absolute Gasteiger partial charge is 0.381 e. The third kappa shape index (κ3) is 3.13. The van der Waals surface area contributed by atoms with Crippen LogP contribution in [0.15, 0.2) is 53.4 Å². The van der Waals surface area contributed by atoms with Crippen LogP contribution in [0.2, 0.25) is 0 Å². The van der Waals surface area contributed by atoms with Gasteiger partial charge in [-0.2, -0.15) is 0 Å². The molecule has 6 nitrogen and oxygen atoms in total. The normalized spacial score (nSPS) is 23.7. The van der Waals surface area contributed by atoms with Gasteiger partial charge in [0.15, 0.2) is 0 Å². The van der Waals surface area contributed by atoms with Crippen molar-refractivity contribution >= 4 is 21.6 Å². The number of hydrogen-bond acceptors (Lipinski definition) is 4. The van der Waals surface area contributed by atoms with Crippen LogP contribution < -0.4 is 4.31 Å². The van der Waals surface area contributed by atoms with E-state index in [0.717, 1.165) is 30.7 Å². The minimum atomic E-state index is -3.71. The standard InChI is InChI=1S/C22H24N2O4S/c25-21(23-12-9-22(15-23)10-13-28-16-22)18-5-3-6-19(14-18)29(26,27)24-11-8-17-4-1-2-7-20(17)24/h1-7,14H,8-13,15-16H2/t22-/m0/s1. The lowest BCUT2D eigenvalue weighted by molar-refractivity contribution is 0.0765. The third-order valence-corrected chi connectivity index (χ3v) is 8.23. The van der Waals surface area contributed by atoms with Crippen molar-refractivity contribution < 1.29 is 17.9 Å². The van der Waals surface area contributed by atoms with Gasteiger partial charge in [0.2, 0.25) is 0 Å². The predicted molar refractivity (Wildman–Crippen MR) is 110 cm³/mol. The summed E-state index contributed by atoms with van der Waals surface area (Å²) in [7, 11) is -3.71. The minimum Gasteiger partial charge on any atom is -0.381 e. The molecule has 0 bridgehead atoms. The van der Waals surface area contributed by atoms with Crippen LogP contribution in [0, 0.1) is 5.41 Å². The molecule has 0 N–H and O–H groups in total. The van der Waals surface area contributed by atoms with Gasteiger partial charge in [0.1, 0.15) is 0 Å². The van der Waals surface area contributed by atoms with Crippen molar-refractivity contribution in [2.75, 3.05) is 37.2 Å². The summed E-state index contributed by atoms with van der Waals surface area (Å²) in [6.07, 6.45) is 2.63. The van der Waals surface area contributed by atoms with Crippen LogP contribution in [-0.4, -0.2) is 52.1 Å². The van der Waals surface area contributed by atoms with E-state index in [1.807, 2.05) is 29.2 Å². The van der Waals surface area contributed by atoms with E-state index >= 15 is 0 Å². The highest BCUT2D eigenvalue weighted by molar-refractivity contribution is 7.92. The van der Waals surface area contributed by atoms with Gasteiger partial charge in [-0.25, -0.2) is 8.42 Å². The van der Waals surface area contributed by atoms with Gasteiger partial charge in [-0.1, -0.05) is 24.3 Å². The zero-order valence-electron chi connectivity index (χ0n) is 16.2. The number of ether oxygens (including phenoxy) is 1. The summed E-state index contributed by atoms with van der Waals surface area (Å²) in [6.45, 7) is 3.27. The van der Waals surface area contributed by atoms with Gasteiger partial charge in [-0.15, -0.1) is 0 Å². The zero-order chi connectivity index (χ0) is 20.1. The van der Waals surface area contributed by atoms with Crippen molar-refractivity contribution in [3.63, 3.8) is 0 Å². The minimum absolute atomic E-state index is 0.0820. The van der Waals surface area contributed by atoms with Gasteiger partial charge in [-0.3, -0.25) is 9.10 Å². The lowest BCUT2D eigenvalue weighted by Gasteiger charge is -2.23. The van der Waals surface area contributed by atoms with Crippen molar-refractivity contribution in [1.29, 1.82) is 0 Å². The van der Waals surface area contributed by atoms with Gasteiger partial charge in [-0.05, 0) is 49.1 Å². The molecule has 1 amide bonds. The molecule has 2 fully saturated rings. The molecule has 1 atom stereocenters. The number of carbonyl (C=O) groups excluding carboxylic acids is 1. The lowest BCUT2D eigenvalue weighted by Crippen LogP contribution is -2.33. The van der Waals surface area contributed by atoms with Crippen molar-refractivity contribution in [2.24, 2.45) is 5.41 Å². The van der Waals surface area contributed by atoms with Crippen LogP contribution in [0.3, 0.4) is 0 Å². The number of nitrogens with zero attached hydrogens (tertiary/aromatic N) is 2. The van der Waals surface area contributed by atoms with Gasteiger partial charge in [0, 0.05) is 37.2 Å². The Labute approximate surface area is 171 Å². The van der Waals surface area contributed by atoms with Crippen molar-refractivity contribution in [1.82, 2.24) is 4.90 Å². The molecule has 0 unspecified atom stereocenters.